The van der Waals surface area contributed by atoms with Crippen molar-refractivity contribution in [2.24, 2.45) is 7.05 Å². The lowest BCUT2D eigenvalue weighted by atomic mass is 10.2. The van der Waals surface area contributed by atoms with Crippen molar-refractivity contribution >= 4 is 12.0 Å². The Labute approximate surface area is 118 Å². The lowest BCUT2D eigenvalue weighted by molar-refractivity contribution is -0.116. The van der Waals surface area contributed by atoms with Crippen LogP contribution in [0, 0.1) is 6.92 Å². The Bertz CT molecular complexity index is 623. The highest BCUT2D eigenvalue weighted by atomic mass is 16.1. The highest BCUT2D eigenvalue weighted by molar-refractivity contribution is 5.91. The van der Waals surface area contributed by atoms with Crippen LogP contribution in [0.3, 0.4) is 0 Å². The van der Waals surface area contributed by atoms with Crippen LogP contribution in [0.1, 0.15) is 23.7 Å². The molecule has 0 saturated heterocycles. The van der Waals surface area contributed by atoms with Crippen molar-refractivity contribution in [3.63, 3.8) is 0 Å². The highest BCUT2D eigenvalue weighted by Gasteiger charge is 2.04. The van der Waals surface area contributed by atoms with Gasteiger partial charge in [0.05, 0.1) is 11.9 Å². The molecule has 2 aromatic rings. The Morgan fingerprint density at radius 2 is 2.25 bits per heavy atom. The maximum atomic E-state index is 11.7. The van der Waals surface area contributed by atoms with Crippen molar-refractivity contribution in [3.8, 4) is 0 Å². The van der Waals surface area contributed by atoms with E-state index in [1.807, 2.05) is 38.0 Å². The second kappa shape index (κ2) is 6.18. The molecule has 0 aliphatic rings. The number of aryl methyl sites for hydroxylation is 3. The highest BCUT2D eigenvalue weighted by Crippen LogP contribution is 2.04. The van der Waals surface area contributed by atoms with Gasteiger partial charge in [-0.25, -0.2) is 0 Å². The molecule has 6 nitrogen and oxygen atoms in total. The Hall–Kier alpha value is -2.37. The van der Waals surface area contributed by atoms with Crippen LogP contribution in [0.25, 0.3) is 6.08 Å². The number of amides is 1. The van der Waals surface area contributed by atoms with Gasteiger partial charge in [-0.05, 0) is 19.9 Å². The van der Waals surface area contributed by atoms with Crippen LogP contribution >= 0.6 is 0 Å². The molecule has 1 amide bonds. The minimum atomic E-state index is -0.127. The van der Waals surface area contributed by atoms with Crippen LogP contribution in [-0.2, 0) is 24.9 Å². The average Bonchev–Trinajstić information content (AvgIpc) is 3.00. The lowest BCUT2D eigenvalue weighted by Gasteiger charge is -1.99. The van der Waals surface area contributed by atoms with Gasteiger partial charge in [0.15, 0.2) is 0 Å². The van der Waals surface area contributed by atoms with Crippen molar-refractivity contribution in [1.29, 1.82) is 0 Å². The fourth-order valence-electron chi connectivity index (χ4n) is 1.87. The maximum absolute atomic E-state index is 11.7. The second-order valence-corrected chi connectivity index (χ2v) is 4.59. The summed E-state index contributed by atoms with van der Waals surface area (Å²) in [7, 11) is 1.86. The molecule has 0 aliphatic heterocycles. The zero-order chi connectivity index (χ0) is 14.5. The minimum Gasteiger partial charge on any atom is -0.348 e. The summed E-state index contributed by atoms with van der Waals surface area (Å²) in [6, 6.07) is 0. The number of nitrogens with zero attached hydrogens (tertiary/aromatic N) is 4. The molecule has 2 aromatic heterocycles. The van der Waals surface area contributed by atoms with Crippen molar-refractivity contribution in [1.82, 2.24) is 24.9 Å². The third-order valence-corrected chi connectivity index (χ3v) is 2.97. The Balaban J connectivity index is 1.87. The number of hydrogen-bond acceptors (Lipinski definition) is 3. The average molecular weight is 273 g/mol. The smallest absolute Gasteiger partial charge is 0.244 e. The second-order valence-electron chi connectivity index (χ2n) is 4.59. The summed E-state index contributed by atoms with van der Waals surface area (Å²) in [5.41, 5.74) is 2.87. The molecule has 0 radical (unpaired) electrons. The summed E-state index contributed by atoms with van der Waals surface area (Å²) < 4.78 is 3.56. The summed E-state index contributed by atoms with van der Waals surface area (Å²) in [5, 5.41) is 11.2. The molecule has 0 aliphatic carbocycles. The van der Waals surface area contributed by atoms with E-state index in [0.29, 0.717) is 6.54 Å². The van der Waals surface area contributed by atoms with E-state index in [1.165, 1.54) is 6.08 Å². The van der Waals surface area contributed by atoms with Gasteiger partial charge >= 0.3 is 0 Å². The molecule has 6 heteroatoms. The van der Waals surface area contributed by atoms with Crippen molar-refractivity contribution < 1.29 is 4.79 Å². The molecule has 106 valence electrons. The molecule has 20 heavy (non-hydrogen) atoms. The van der Waals surface area contributed by atoms with Crippen LogP contribution < -0.4 is 5.32 Å². The number of nitrogens with one attached hydrogen (secondary N) is 1. The molecule has 0 fully saturated rings. The van der Waals surface area contributed by atoms with E-state index in [9.17, 15) is 4.79 Å². The number of aromatic nitrogens is 4. The fourth-order valence-corrected chi connectivity index (χ4v) is 1.87. The molecule has 0 unspecified atom stereocenters. The van der Waals surface area contributed by atoms with Gasteiger partial charge in [0.2, 0.25) is 5.91 Å². The molecule has 0 atom stereocenters. The van der Waals surface area contributed by atoms with Gasteiger partial charge in [0, 0.05) is 49.7 Å². The van der Waals surface area contributed by atoms with Crippen LogP contribution in [0.4, 0.5) is 0 Å². The summed E-state index contributed by atoms with van der Waals surface area (Å²) in [5.74, 6) is -0.127. The first kappa shape index (κ1) is 14.0. The van der Waals surface area contributed by atoms with Crippen molar-refractivity contribution in [2.45, 2.75) is 26.9 Å². The number of carbonyl (C=O) groups is 1. The topological polar surface area (TPSA) is 64.7 Å². The molecule has 0 aromatic carbocycles. The number of rotatable bonds is 5. The zero-order valence-corrected chi connectivity index (χ0v) is 12.0. The van der Waals surface area contributed by atoms with E-state index in [4.69, 9.17) is 0 Å². The monoisotopic (exact) mass is 273 g/mol. The first-order valence-corrected chi connectivity index (χ1v) is 6.56. The first-order chi connectivity index (χ1) is 9.58. The largest absolute Gasteiger partial charge is 0.348 e. The third-order valence-electron chi connectivity index (χ3n) is 2.97. The van der Waals surface area contributed by atoms with Crippen LogP contribution in [0.2, 0.25) is 0 Å². The molecular formula is C14H19N5O. The summed E-state index contributed by atoms with van der Waals surface area (Å²) >= 11 is 0. The van der Waals surface area contributed by atoms with Gasteiger partial charge in [-0.2, -0.15) is 10.2 Å². The molecule has 1 N–H and O–H groups in total. The van der Waals surface area contributed by atoms with Gasteiger partial charge in [0.25, 0.3) is 0 Å². The summed E-state index contributed by atoms with van der Waals surface area (Å²) in [6.45, 7) is 5.25. The van der Waals surface area contributed by atoms with E-state index in [2.05, 4.69) is 15.5 Å². The van der Waals surface area contributed by atoms with E-state index in [0.717, 1.165) is 23.4 Å². The maximum Gasteiger partial charge on any atom is 0.244 e. The predicted molar refractivity (Wildman–Crippen MR) is 76.7 cm³/mol. The van der Waals surface area contributed by atoms with Crippen molar-refractivity contribution in [3.05, 3.63) is 41.5 Å². The van der Waals surface area contributed by atoms with E-state index >= 15 is 0 Å². The van der Waals surface area contributed by atoms with E-state index < -0.39 is 0 Å². The Kier molecular flexibility index (Phi) is 4.34. The number of carbonyl (C=O) groups excluding carboxylic acids is 1. The predicted octanol–water partition coefficient (Wildman–Crippen LogP) is 1.27. The normalized spacial score (nSPS) is 11.2. The van der Waals surface area contributed by atoms with Crippen molar-refractivity contribution in [2.75, 3.05) is 0 Å². The standard InChI is InChI=1S/C14H19N5O/c1-4-19-9-12(7-16-19)5-6-14(20)15-8-13-10-18(3)17-11(13)2/h5-7,9-10H,4,8H2,1-3H3,(H,15,20)/b6-5+. The SMILES string of the molecule is CCn1cc(/C=C/C(=O)NCc2cn(C)nc2C)cn1. The van der Waals surface area contributed by atoms with Crippen LogP contribution in [0.15, 0.2) is 24.7 Å². The Morgan fingerprint density at radius 1 is 1.45 bits per heavy atom. The lowest BCUT2D eigenvalue weighted by Crippen LogP contribution is -2.20. The zero-order valence-electron chi connectivity index (χ0n) is 12.0. The number of hydrogen-bond donors (Lipinski definition) is 1. The van der Waals surface area contributed by atoms with Crippen LogP contribution in [0.5, 0.6) is 0 Å². The molecular weight excluding hydrogens is 254 g/mol. The van der Waals surface area contributed by atoms with E-state index in [-0.39, 0.29) is 5.91 Å². The van der Waals surface area contributed by atoms with Gasteiger partial charge in [0.1, 0.15) is 0 Å². The molecule has 2 rings (SSSR count). The summed E-state index contributed by atoms with van der Waals surface area (Å²) in [4.78, 5) is 11.7. The fraction of sp³-hybridized carbons (Fsp3) is 0.357. The molecule has 0 saturated carbocycles. The molecule has 2 heterocycles. The Morgan fingerprint density at radius 3 is 2.85 bits per heavy atom. The first-order valence-electron chi connectivity index (χ1n) is 6.56. The van der Waals surface area contributed by atoms with Gasteiger partial charge < -0.3 is 5.32 Å². The van der Waals surface area contributed by atoms with Crippen LogP contribution in [-0.4, -0.2) is 25.5 Å². The van der Waals surface area contributed by atoms with Gasteiger partial charge in [-0.15, -0.1) is 0 Å². The quantitative estimate of drug-likeness (QED) is 0.834. The van der Waals surface area contributed by atoms with Gasteiger partial charge in [-0.1, -0.05) is 0 Å². The molecule has 0 bridgehead atoms. The summed E-state index contributed by atoms with van der Waals surface area (Å²) in [6.07, 6.45) is 8.81. The minimum absolute atomic E-state index is 0.127. The van der Waals surface area contributed by atoms with E-state index in [1.54, 1.807) is 17.0 Å². The third kappa shape index (κ3) is 3.57. The van der Waals surface area contributed by atoms with Gasteiger partial charge in [-0.3, -0.25) is 14.2 Å². The molecule has 0 spiro atoms.